The Labute approximate surface area is 319 Å². The summed E-state index contributed by atoms with van der Waals surface area (Å²) in [5.74, 6) is -0.292. The summed E-state index contributed by atoms with van der Waals surface area (Å²) in [6.45, 7) is 0. The minimum absolute atomic E-state index is 0.292. The molecule has 0 unspecified atom stereocenters. The molecule has 4 aromatic carbocycles. The van der Waals surface area contributed by atoms with E-state index in [-0.39, 0.29) is 5.97 Å². The van der Waals surface area contributed by atoms with Crippen LogP contribution in [0.25, 0.3) is 79.8 Å². The van der Waals surface area contributed by atoms with Crippen LogP contribution >= 0.6 is 0 Å². The van der Waals surface area contributed by atoms with E-state index in [1.54, 1.807) is 12.1 Å². The summed E-state index contributed by atoms with van der Waals surface area (Å²) in [4.78, 5) is 28.7. The number of aromatic amines is 2. The number of carbonyl (C=O) groups excluding carboxylic acids is 1. The van der Waals surface area contributed by atoms with Crippen LogP contribution in [0.3, 0.4) is 0 Å². The van der Waals surface area contributed by atoms with E-state index in [9.17, 15) is 4.79 Å². The number of rotatable bonds is 4. The van der Waals surface area contributed by atoms with Gasteiger partial charge in [0.15, 0.2) is 0 Å². The van der Waals surface area contributed by atoms with Crippen molar-refractivity contribution in [3.05, 3.63) is 174 Å². The zero-order valence-corrected chi connectivity index (χ0v) is 30.8. The molecule has 2 aliphatic rings. The first-order chi connectivity index (χ1) is 26.0. The van der Waals surface area contributed by atoms with Gasteiger partial charge in [-0.15, -0.1) is 0 Å². The molecule has 0 aliphatic carbocycles. The molecule has 0 atom stereocenters. The second kappa shape index (κ2) is 15.1. The van der Waals surface area contributed by atoms with Gasteiger partial charge in [-0.05, 0) is 71.3 Å². The normalized spacial score (nSPS) is 11.5. The van der Waals surface area contributed by atoms with E-state index in [0.717, 1.165) is 82.0 Å². The minimum atomic E-state index is -0.292. The number of hydrogen-bond donors (Lipinski definition) is 2. The van der Waals surface area contributed by atoms with Crippen LogP contribution in [-0.4, -0.2) is 33.0 Å². The van der Waals surface area contributed by atoms with Gasteiger partial charge in [0.05, 0.1) is 22.8 Å². The van der Waals surface area contributed by atoms with Gasteiger partial charge in [0.1, 0.15) is 0 Å². The van der Waals surface area contributed by atoms with Crippen LogP contribution in [0.5, 0.6) is 0 Å². The molecule has 7 aromatic rings. The summed E-state index contributed by atoms with van der Waals surface area (Å²) in [6, 6.07) is 49.3. The van der Waals surface area contributed by atoms with E-state index in [1.165, 1.54) is 7.11 Å². The molecule has 9 rings (SSSR count). The predicted octanol–water partition coefficient (Wildman–Crippen LogP) is 10.3. The average Bonchev–Trinajstić information content (AvgIpc) is 4.04. The van der Waals surface area contributed by atoms with Crippen molar-refractivity contribution < 1.29 is 30.6 Å². The fraction of sp³-hybridized carbons (Fsp3) is 0.0217. The Kier molecular flexibility index (Phi) is 9.65. The van der Waals surface area contributed by atoms with Crippen LogP contribution in [0.15, 0.2) is 146 Å². The van der Waals surface area contributed by atoms with Crippen molar-refractivity contribution in [1.29, 1.82) is 0 Å². The number of esters is 1. The molecule has 0 spiro atoms. The molecule has 3 aromatic heterocycles. The zero-order valence-electron chi connectivity index (χ0n) is 28.7. The molecule has 260 valence electrons. The standard InChI is InChI=1S/C38H26N4.C8H7O2.Au/c1-4-10-25(11-5-1)36-30-18-16-28(39-30)24-29-17-19-31(40-29)37(26-12-6-2-7-13-26)33-21-23-35(42-33)38(27-14-8-3-9-15-27)34-22-20-32(36)41-34;1-10-8(9)7-5-3-2-4-6-7;/h1-24,39,42H;2-3,5-6H,1H3;. The maximum absolute atomic E-state index is 10.9. The molecular weight excluding hydrogens is 837 g/mol. The molecule has 0 saturated heterocycles. The van der Waals surface area contributed by atoms with Crippen LogP contribution in [0.4, 0.5) is 0 Å². The van der Waals surface area contributed by atoms with Crippen molar-refractivity contribution in [3.8, 4) is 33.4 Å². The van der Waals surface area contributed by atoms with E-state index in [1.807, 2.05) is 30.3 Å². The number of nitrogens with one attached hydrogen (secondary N) is 2. The van der Waals surface area contributed by atoms with Gasteiger partial charge < -0.3 is 9.97 Å². The Hall–Kier alpha value is -6.31. The van der Waals surface area contributed by atoms with Gasteiger partial charge in [-0.25, -0.2) is 9.97 Å². The van der Waals surface area contributed by atoms with Crippen molar-refractivity contribution in [2.75, 3.05) is 7.11 Å². The molecule has 53 heavy (non-hydrogen) atoms. The molecule has 0 radical (unpaired) electrons. The first kappa shape index (κ1) is 33.8. The Bertz CT molecular complexity index is 2640. The fourth-order valence-corrected chi connectivity index (χ4v) is 7.12. The first-order valence-corrected chi connectivity index (χ1v) is 18.2. The molecule has 5 heterocycles. The van der Waals surface area contributed by atoms with E-state index < -0.39 is 0 Å². The molecule has 0 fully saturated rings. The number of benzene rings is 4. The monoisotopic (exact) mass is 870 g/mol. The summed E-state index contributed by atoms with van der Waals surface area (Å²) in [5.41, 5.74) is 14.7. The van der Waals surface area contributed by atoms with Crippen molar-refractivity contribution in [3.63, 3.8) is 0 Å². The summed E-state index contributed by atoms with van der Waals surface area (Å²) >= 11 is 2.33. The summed E-state index contributed by atoms with van der Waals surface area (Å²) in [6.07, 6.45) is 8.43. The quantitative estimate of drug-likeness (QED) is 0.136. The number of methoxy groups -OCH3 is 1. The second-order valence-corrected chi connectivity index (χ2v) is 13.7. The number of H-pyrrole nitrogens is 2. The van der Waals surface area contributed by atoms with Gasteiger partial charge in [-0.1, -0.05) is 91.0 Å². The topological polar surface area (TPSA) is 83.7 Å². The predicted molar refractivity (Wildman–Crippen MR) is 213 cm³/mol. The molecule has 6 nitrogen and oxygen atoms in total. The van der Waals surface area contributed by atoms with Crippen molar-refractivity contribution in [1.82, 2.24) is 19.9 Å². The maximum atomic E-state index is 10.9. The Morgan fingerprint density at radius 1 is 0.528 bits per heavy atom. The van der Waals surface area contributed by atoms with Crippen LogP contribution in [0.1, 0.15) is 33.1 Å². The number of nitrogens with zero attached hydrogens (tertiary/aromatic N) is 2. The van der Waals surface area contributed by atoms with Gasteiger partial charge in [-0.2, -0.15) is 0 Å². The Morgan fingerprint density at radius 2 is 1.02 bits per heavy atom. The van der Waals surface area contributed by atoms with Crippen LogP contribution in [0, 0.1) is 0 Å². The van der Waals surface area contributed by atoms with Gasteiger partial charge in [0, 0.05) is 38.8 Å². The molecule has 2 N–H and O–H groups in total. The van der Waals surface area contributed by atoms with E-state index in [4.69, 9.17) is 9.97 Å². The molecule has 2 aliphatic heterocycles. The van der Waals surface area contributed by atoms with E-state index in [0.29, 0.717) is 5.56 Å². The van der Waals surface area contributed by atoms with E-state index >= 15 is 0 Å². The van der Waals surface area contributed by atoms with Gasteiger partial charge in [0.25, 0.3) is 0 Å². The SMILES string of the molecule is C1=Cc2nc1cc1ccc([nH]1)c(-c1ccccc1)c1nc(c(-c3ccccc3)c3ccc([nH]3)c2-c2ccccc2)C=C1.COC(=O)c1ccc[c]([Au])c1. The van der Waals surface area contributed by atoms with Crippen LogP contribution in [-0.2, 0) is 25.8 Å². The molecule has 7 heteroatoms. The molecule has 8 bridgehead atoms. The number of ether oxygens (including phenoxy) is 1. The third-order valence-electron chi connectivity index (χ3n) is 8.99. The average molecular weight is 871 g/mol. The van der Waals surface area contributed by atoms with Crippen LogP contribution < -0.4 is 3.78 Å². The Balaban J connectivity index is 0.000000314. The number of fused-ring (bicyclic) bond motifs is 8. The van der Waals surface area contributed by atoms with Crippen molar-refractivity contribution in [2.45, 2.75) is 0 Å². The summed E-state index contributed by atoms with van der Waals surface area (Å²) in [7, 11) is 1.38. The van der Waals surface area contributed by atoms with Crippen LogP contribution in [0.2, 0.25) is 0 Å². The van der Waals surface area contributed by atoms with Gasteiger partial charge in [0.2, 0.25) is 0 Å². The second-order valence-electron chi connectivity index (χ2n) is 12.4. The van der Waals surface area contributed by atoms with Gasteiger partial charge in [-0.3, -0.25) is 0 Å². The fourth-order valence-electron chi connectivity index (χ4n) is 6.58. The van der Waals surface area contributed by atoms with E-state index in [2.05, 4.69) is 163 Å². The number of carbonyl (C=O) groups is 1. The molecular formula is C46H33AuN4O2. The van der Waals surface area contributed by atoms with Crippen molar-refractivity contribution in [2.24, 2.45) is 0 Å². The summed E-state index contributed by atoms with van der Waals surface area (Å²) in [5, 5.41) is 0. The molecule has 0 amide bonds. The summed E-state index contributed by atoms with van der Waals surface area (Å²) < 4.78 is 5.55. The third kappa shape index (κ3) is 7.25. The first-order valence-electron chi connectivity index (χ1n) is 17.1. The van der Waals surface area contributed by atoms with Crippen molar-refractivity contribution >= 4 is 56.1 Å². The third-order valence-corrected chi connectivity index (χ3v) is 9.66. The zero-order chi connectivity index (χ0) is 36.1. The Morgan fingerprint density at radius 3 is 1.55 bits per heavy atom. The number of aromatic nitrogens is 4. The molecule has 0 saturated carbocycles. The van der Waals surface area contributed by atoms with Gasteiger partial charge >= 0.3 is 77.3 Å². The number of hydrogen-bond acceptors (Lipinski definition) is 4.